The predicted octanol–water partition coefficient (Wildman–Crippen LogP) is 2.33. The Bertz CT molecular complexity index is 648. The van der Waals surface area contributed by atoms with Crippen LogP contribution in [0.25, 0.3) is 0 Å². The van der Waals surface area contributed by atoms with Crippen molar-refractivity contribution in [1.82, 2.24) is 15.2 Å². The summed E-state index contributed by atoms with van der Waals surface area (Å²) in [7, 11) is 0. The molecule has 1 saturated heterocycles. The highest BCUT2D eigenvalue weighted by Crippen LogP contribution is 2.25. The molecule has 1 amide bonds. The second-order valence-electron chi connectivity index (χ2n) is 5.57. The number of benzene rings is 1. The van der Waals surface area contributed by atoms with E-state index in [2.05, 4.69) is 41.5 Å². The van der Waals surface area contributed by atoms with Crippen molar-refractivity contribution in [3.63, 3.8) is 0 Å². The lowest BCUT2D eigenvalue weighted by molar-refractivity contribution is 0.0627. The van der Waals surface area contributed by atoms with Gasteiger partial charge in [0.25, 0.3) is 5.91 Å². The number of aromatic nitrogens is 1. The number of nitrogens with one attached hydrogen (secondary N) is 1. The number of nitrogens with zero attached hydrogens (tertiary/aromatic N) is 2. The highest BCUT2D eigenvalue weighted by Gasteiger charge is 2.30. The fourth-order valence-electron chi connectivity index (χ4n) is 2.87. The second-order valence-corrected chi connectivity index (χ2v) is 5.57. The van der Waals surface area contributed by atoms with E-state index < -0.39 is 0 Å². The van der Waals surface area contributed by atoms with Crippen molar-refractivity contribution in [2.45, 2.75) is 26.3 Å². The molecular formula is C17H21N3O2. The first-order valence-electron chi connectivity index (χ1n) is 7.71. The lowest BCUT2D eigenvalue weighted by atomic mass is 10.0. The van der Waals surface area contributed by atoms with Gasteiger partial charge in [-0.15, -0.1) is 0 Å². The Hall–Kier alpha value is -2.14. The first-order valence-corrected chi connectivity index (χ1v) is 7.71. The van der Waals surface area contributed by atoms with Crippen LogP contribution in [0.4, 0.5) is 0 Å². The van der Waals surface area contributed by atoms with Crippen LogP contribution in [0.2, 0.25) is 0 Å². The molecule has 1 N–H and O–H groups in total. The van der Waals surface area contributed by atoms with Crippen LogP contribution in [0.1, 0.15) is 40.3 Å². The van der Waals surface area contributed by atoms with E-state index in [1.165, 1.54) is 12.0 Å². The van der Waals surface area contributed by atoms with Gasteiger partial charge in [-0.05, 0) is 24.5 Å². The maximum absolute atomic E-state index is 12.8. The van der Waals surface area contributed by atoms with Gasteiger partial charge in [-0.3, -0.25) is 4.79 Å². The Labute approximate surface area is 130 Å². The monoisotopic (exact) mass is 299 g/mol. The SMILES string of the molecule is CCc1ccc(C2CNCCN2C(=O)c2ncoc2C)cc1. The summed E-state index contributed by atoms with van der Waals surface area (Å²) in [6, 6.07) is 8.53. The number of carbonyl (C=O) groups is 1. The van der Waals surface area contributed by atoms with Crippen LogP contribution in [0.5, 0.6) is 0 Å². The number of aryl methyl sites for hydroxylation is 2. The Morgan fingerprint density at radius 1 is 1.41 bits per heavy atom. The Balaban J connectivity index is 1.87. The molecule has 2 aromatic rings. The normalized spacial score (nSPS) is 18.5. The summed E-state index contributed by atoms with van der Waals surface area (Å²) in [5, 5.41) is 3.37. The van der Waals surface area contributed by atoms with Gasteiger partial charge in [-0.2, -0.15) is 0 Å². The van der Waals surface area contributed by atoms with Crippen molar-refractivity contribution < 1.29 is 9.21 Å². The number of amides is 1. The summed E-state index contributed by atoms with van der Waals surface area (Å²) in [6.45, 7) is 6.14. The molecule has 1 aromatic carbocycles. The molecule has 1 aliphatic rings. The van der Waals surface area contributed by atoms with Crippen LogP contribution < -0.4 is 5.32 Å². The molecule has 0 radical (unpaired) electrons. The zero-order chi connectivity index (χ0) is 15.5. The Kier molecular flexibility index (Phi) is 4.24. The Morgan fingerprint density at radius 2 is 2.18 bits per heavy atom. The van der Waals surface area contributed by atoms with Gasteiger partial charge in [-0.1, -0.05) is 31.2 Å². The van der Waals surface area contributed by atoms with Gasteiger partial charge in [-0.25, -0.2) is 4.98 Å². The molecule has 5 heteroatoms. The summed E-state index contributed by atoms with van der Waals surface area (Å²) >= 11 is 0. The smallest absolute Gasteiger partial charge is 0.276 e. The maximum atomic E-state index is 12.8. The van der Waals surface area contributed by atoms with Gasteiger partial charge >= 0.3 is 0 Å². The number of rotatable bonds is 3. The molecule has 0 saturated carbocycles. The lowest BCUT2D eigenvalue weighted by Gasteiger charge is -2.36. The fraction of sp³-hybridized carbons (Fsp3) is 0.412. The molecule has 116 valence electrons. The number of piperazine rings is 1. The van der Waals surface area contributed by atoms with Crippen molar-refractivity contribution in [3.05, 3.63) is 53.2 Å². The minimum Gasteiger partial charge on any atom is -0.448 e. The molecule has 5 nitrogen and oxygen atoms in total. The first-order chi connectivity index (χ1) is 10.7. The van der Waals surface area contributed by atoms with Gasteiger partial charge in [0, 0.05) is 19.6 Å². The molecule has 22 heavy (non-hydrogen) atoms. The number of oxazole rings is 1. The summed E-state index contributed by atoms with van der Waals surface area (Å²) in [5.41, 5.74) is 2.87. The molecule has 1 aliphatic heterocycles. The fourth-order valence-corrected chi connectivity index (χ4v) is 2.87. The highest BCUT2D eigenvalue weighted by molar-refractivity contribution is 5.93. The zero-order valence-corrected chi connectivity index (χ0v) is 13.0. The third-order valence-electron chi connectivity index (χ3n) is 4.22. The van der Waals surface area contributed by atoms with E-state index in [0.717, 1.165) is 25.1 Å². The number of hydrogen-bond acceptors (Lipinski definition) is 4. The maximum Gasteiger partial charge on any atom is 0.276 e. The van der Waals surface area contributed by atoms with E-state index in [0.29, 0.717) is 18.0 Å². The molecule has 0 spiro atoms. The van der Waals surface area contributed by atoms with Crippen molar-refractivity contribution in [1.29, 1.82) is 0 Å². The minimum atomic E-state index is -0.0580. The molecule has 0 bridgehead atoms. The van der Waals surface area contributed by atoms with Crippen LogP contribution in [0.3, 0.4) is 0 Å². The van der Waals surface area contributed by atoms with E-state index >= 15 is 0 Å². The Morgan fingerprint density at radius 3 is 2.82 bits per heavy atom. The molecule has 0 aliphatic carbocycles. The zero-order valence-electron chi connectivity index (χ0n) is 13.0. The number of hydrogen-bond donors (Lipinski definition) is 1. The third kappa shape index (κ3) is 2.76. The standard InChI is InChI=1S/C17H21N3O2/c1-3-13-4-6-14(7-5-13)15-10-18-8-9-20(15)17(21)16-12(2)22-11-19-16/h4-7,11,15,18H,3,8-10H2,1-2H3. The number of carbonyl (C=O) groups excluding carboxylic acids is 1. The van der Waals surface area contributed by atoms with Gasteiger partial charge in [0.05, 0.1) is 6.04 Å². The van der Waals surface area contributed by atoms with Crippen LogP contribution in [0, 0.1) is 6.92 Å². The van der Waals surface area contributed by atoms with E-state index in [-0.39, 0.29) is 11.9 Å². The van der Waals surface area contributed by atoms with Gasteiger partial charge in [0.1, 0.15) is 5.76 Å². The summed E-state index contributed by atoms with van der Waals surface area (Å²) in [4.78, 5) is 18.7. The van der Waals surface area contributed by atoms with Crippen molar-refractivity contribution in [2.24, 2.45) is 0 Å². The van der Waals surface area contributed by atoms with E-state index in [4.69, 9.17) is 4.42 Å². The first kappa shape index (κ1) is 14.8. The highest BCUT2D eigenvalue weighted by atomic mass is 16.3. The topological polar surface area (TPSA) is 58.4 Å². The third-order valence-corrected chi connectivity index (χ3v) is 4.22. The average molecular weight is 299 g/mol. The van der Waals surface area contributed by atoms with Gasteiger partial charge < -0.3 is 14.6 Å². The average Bonchev–Trinajstić information content (AvgIpc) is 3.00. The summed E-state index contributed by atoms with van der Waals surface area (Å²) < 4.78 is 5.17. The van der Waals surface area contributed by atoms with Crippen LogP contribution in [-0.4, -0.2) is 35.4 Å². The van der Waals surface area contributed by atoms with Gasteiger partial charge in [0.2, 0.25) is 0 Å². The van der Waals surface area contributed by atoms with Crippen molar-refractivity contribution in [3.8, 4) is 0 Å². The van der Waals surface area contributed by atoms with Crippen LogP contribution >= 0.6 is 0 Å². The van der Waals surface area contributed by atoms with Crippen molar-refractivity contribution in [2.75, 3.05) is 19.6 Å². The molecule has 1 unspecified atom stereocenters. The molecule has 1 fully saturated rings. The van der Waals surface area contributed by atoms with E-state index in [1.807, 2.05) is 4.90 Å². The summed E-state index contributed by atoms with van der Waals surface area (Å²) in [5.74, 6) is 0.515. The minimum absolute atomic E-state index is 0.0308. The van der Waals surface area contributed by atoms with Crippen molar-refractivity contribution >= 4 is 5.91 Å². The second kappa shape index (κ2) is 6.32. The molecule has 3 rings (SSSR count). The largest absolute Gasteiger partial charge is 0.448 e. The van der Waals surface area contributed by atoms with Crippen LogP contribution in [0.15, 0.2) is 35.1 Å². The lowest BCUT2D eigenvalue weighted by Crippen LogP contribution is -2.48. The quantitative estimate of drug-likeness (QED) is 0.945. The van der Waals surface area contributed by atoms with E-state index in [9.17, 15) is 4.79 Å². The molecular weight excluding hydrogens is 278 g/mol. The van der Waals surface area contributed by atoms with Gasteiger partial charge in [0.15, 0.2) is 12.1 Å². The molecule has 1 atom stereocenters. The van der Waals surface area contributed by atoms with E-state index in [1.54, 1.807) is 6.92 Å². The summed E-state index contributed by atoms with van der Waals surface area (Å²) in [6.07, 6.45) is 2.35. The van der Waals surface area contributed by atoms with Crippen LogP contribution in [-0.2, 0) is 6.42 Å². The molecule has 1 aromatic heterocycles. The predicted molar refractivity (Wildman–Crippen MR) is 83.7 cm³/mol. The molecule has 2 heterocycles.